The number of amides is 1. The minimum absolute atomic E-state index is 0.0139. The van der Waals surface area contributed by atoms with Gasteiger partial charge >= 0.3 is 0 Å². The minimum atomic E-state index is -0.292. The lowest BCUT2D eigenvalue weighted by atomic mass is 10.1. The van der Waals surface area contributed by atoms with Gasteiger partial charge in [-0.25, -0.2) is 9.37 Å². The minimum Gasteiger partial charge on any atom is -0.494 e. The van der Waals surface area contributed by atoms with Crippen molar-refractivity contribution in [3.63, 3.8) is 0 Å². The van der Waals surface area contributed by atoms with E-state index in [1.54, 1.807) is 34.9 Å². The van der Waals surface area contributed by atoms with Crippen LogP contribution in [0.3, 0.4) is 0 Å². The SMILES string of the molecule is O=C(NCCCCOc1ccc(F)cc1)c1ccc2c(=O)n3c(nc2c1)CCCCCC3. The second kappa shape index (κ2) is 10.4. The molecule has 3 aromatic rings. The Kier molecular flexibility index (Phi) is 7.14. The third kappa shape index (κ3) is 5.33. The van der Waals surface area contributed by atoms with Crippen molar-refractivity contribution in [2.45, 2.75) is 51.5 Å². The number of aromatic nitrogens is 2. The van der Waals surface area contributed by atoms with E-state index in [1.165, 1.54) is 12.1 Å². The molecule has 0 saturated carbocycles. The monoisotopic (exact) mass is 437 g/mol. The fraction of sp³-hybridized carbons (Fsp3) is 0.400. The van der Waals surface area contributed by atoms with Crippen LogP contribution in [0.1, 0.15) is 54.7 Å². The molecule has 0 atom stereocenters. The van der Waals surface area contributed by atoms with Crippen molar-refractivity contribution in [1.82, 2.24) is 14.9 Å². The van der Waals surface area contributed by atoms with E-state index in [1.807, 2.05) is 0 Å². The smallest absolute Gasteiger partial charge is 0.261 e. The molecule has 0 radical (unpaired) electrons. The molecule has 0 aliphatic carbocycles. The van der Waals surface area contributed by atoms with Gasteiger partial charge < -0.3 is 10.1 Å². The number of nitrogens with one attached hydrogen (secondary N) is 1. The van der Waals surface area contributed by atoms with Crippen LogP contribution in [0.5, 0.6) is 5.75 Å². The molecule has 0 unspecified atom stereocenters. The molecule has 2 aromatic carbocycles. The lowest BCUT2D eigenvalue weighted by molar-refractivity contribution is 0.0952. The highest BCUT2D eigenvalue weighted by molar-refractivity contribution is 5.97. The summed E-state index contributed by atoms with van der Waals surface area (Å²) in [6, 6.07) is 11.0. The first kappa shape index (κ1) is 22.0. The van der Waals surface area contributed by atoms with Crippen LogP contribution in [0.4, 0.5) is 4.39 Å². The molecule has 0 bridgehead atoms. The predicted molar refractivity (Wildman–Crippen MR) is 122 cm³/mol. The summed E-state index contributed by atoms with van der Waals surface area (Å²) in [7, 11) is 0. The maximum absolute atomic E-state index is 12.9. The molecule has 7 heteroatoms. The molecular weight excluding hydrogens is 409 g/mol. The van der Waals surface area contributed by atoms with Crippen molar-refractivity contribution in [2.75, 3.05) is 13.2 Å². The van der Waals surface area contributed by atoms with Crippen molar-refractivity contribution in [3.8, 4) is 5.75 Å². The van der Waals surface area contributed by atoms with Crippen molar-refractivity contribution in [3.05, 3.63) is 70.0 Å². The summed E-state index contributed by atoms with van der Waals surface area (Å²) < 4.78 is 20.2. The summed E-state index contributed by atoms with van der Waals surface area (Å²) in [5.74, 6) is 0.976. The predicted octanol–water partition coefficient (Wildman–Crippen LogP) is 4.24. The number of carbonyl (C=O) groups is 1. The van der Waals surface area contributed by atoms with Crippen LogP contribution in [0.15, 0.2) is 47.3 Å². The van der Waals surface area contributed by atoms with Crippen LogP contribution < -0.4 is 15.6 Å². The number of ether oxygens (including phenoxy) is 1. The van der Waals surface area contributed by atoms with E-state index in [-0.39, 0.29) is 17.3 Å². The molecule has 0 spiro atoms. The summed E-state index contributed by atoms with van der Waals surface area (Å²) in [6.07, 6.45) is 6.64. The molecule has 0 saturated heterocycles. The number of nitrogens with zero attached hydrogens (tertiary/aromatic N) is 2. The molecule has 32 heavy (non-hydrogen) atoms. The fourth-order valence-corrected chi connectivity index (χ4v) is 3.99. The zero-order valence-corrected chi connectivity index (χ0v) is 18.1. The van der Waals surface area contributed by atoms with Gasteiger partial charge in [0.15, 0.2) is 0 Å². The van der Waals surface area contributed by atoms with Gasteiger partial charge in [-0.3, -0.25) is 14.2 Å². The summed E-state index contributed by atoms with van der Waals surface area (Å²) in [6.45, 7) is 1.73. The Bertz CT molecular complexity index is 1140. The number of hydrogen-bond acceptors (Lipinski definition) is 4. The van der Waals surface area contributed by atoms with Crippen LogP contribution >= 0.6 is 0 Å². The molecule has 4 rings (SSSR count). The number of halogens is 1. The largest absolute Gasteiger partial charge is 0.494 e. The maximum Gasteiger partial charge on any atom is 0.261 e. The van der Waals surface area contributed by atoms with Gasteiger partial charge in [0.05, 0.1) is 17.5 Å². The molecule has 168 valence electrons. The third-order valence-corrected chi connectivity index (χ3v) is 5.77. The van der Waals surface area contributed by atoms with E-state index in [2.05, 4.69) is 5.32 Å². The highest BCUT2D eigenvalue weighted by atomic mass is 19.1. The Morgan fingerprint density at radius 2 is 1.88 bits per heavy atom. The number of rotatable bonds is 7. The van der Waals surface area contributed by atoms with Crippen LogP contribution in [0, 0.1) is 5.82 Å². The van der Waals surface area contributed by atoms with Gasteiger partial charge in [0, 0.05) is 25.1 Å². The number of unbranched alkanes of at least 4 members (excludes halogenated alkanes) is 1. The topological polar surface area (TPSA) is 73.2 Å². The van der Waals surface area contributed by atoms with Crippen molar-refractivity contribution in [2.24, 2.45) is 0 Å². The van der Waals surface area contributed by atoms with Crippen LogP contribution in [0.2, 0.25) is 0 Å². The van der Waals surface area contributed by atoms with Crippen LogP contribution in [0.25, 0.3) is 10.9 Å². The summed E-state index contributed by atoms with van der Waals surface area (Å²) in [5, 5.41) is 3.47. The second-order valence-electron chi connectivity index (χ2n) is 8.15. The van der Waals surface area contributed by atoms with Crippen molar-refractivity contribution >= 4 is 16.8 Å². The van der Waals surface area contributed by atoms with Gasteiger partial charge in [-0.05, 0) is 68.1 Å². The average molecular weight is 438 g/mol. The molecule has 1 aliphatic rings. The molecule has 1 amide bonds. The molecule has 1 aliphatic heterocycles. The number of aryl methyl sites for hydroxylation is 1. The number of hydrogen-bond donors (Lipinski definition) is 1. The first-order chi connectivity index (χ1) is 15.6. The van der Waals surface area contributed by atoms with Gasteiger partial charge in [0.25, 0.3) is 11.5 Å². The maximum atomic E-state index is 12.9. The first-order valence-corrected chi connectivity index (χ1v) is 11.3. The quantitative estimate of drug-likeness (QED) is 0.561. The zero-order chi connectivity index (χ0) is 22.3. The number of carbonyl (C=O) groups excluding carboxylic acids is 1. The number of fused-ring (bicyclic) bond motifs is 2. The molecular formula is C25H28FN3O3. The van der Waals surface area contributed by atoms with Gasteiger partial charge in [-0.2, -0.15) is 0 Å². The van der Waals surface area contributed by atoms with E-state index in [9.17, 15) is 14.0 Å². The van der Waals surface area contributed by atoms with Gasteiger partial charge in [-0.1, -0.05) is 12.8 Å². The Morgan fingerprint density at radius 3 is 2.72 bits per heavy atom. The van der Waals surface area contributed by atoms with Gasteiger partial charge in [0.2, 0.25) is 0 Å². The number of benzene rings is 2. The standard InChI is InChI=1S/C25H28FN3O3/c26-19-9-11-20(12-10-19)32-16-6-4-14-27-24(30)18-8-13-21-22(17-18)28-23-7-3-1-2-5-15-29(23)25(21)31/h8-13,17H,1-7,14-16H2,(H,27,30). The lowest BCUT2D eigenvalue weighted by Crippen LogP contribution is -2.27. The Balaban J connectivity index is 1.32. The van der Waals surface area contributed by atoms with Gasteiger partial charge in [-0.15, -0.1) is 0 Å². The summed E-state index contributed by atoms with van der Waals surface area (Å²) in [5.41, 5.74) is 1.07. The molecule has 2 heterocycles. The van der Waals surface area contributed by atoms with Crippen molar-refractivity contribution < 1.29 is 13.9 Å². The third-order valence-electron chi connectivity index (χ3n) is 5.77. The Labute approximate surface area is 186 Å². The van der Waals surface area contributed by atoms with E-state index in [0.717, 1.165) is 50.8 Å². The second-order valence-corrected chi connectivity index (χ2v) is 8.15. The van der Waals surface area contributed by atoms with E-state index in [0.29, 0.717) is 41.9 Å². The zero-order valence-electron chi connectivity index (χ0n) is 18.1. The van der Waals surface area contributed by atoms with E-state index < -0.39 is 0 Å². The molecule has 1 N–H and O–H groups in total. The van der Waals surface area contributed by atoms with Crippen LogP contribution in [-0.2, 0) is 13.0 Å². The highest BCUT2D eigenvalue weighted by Gasteiger charge is 2.14. The molecule has 1 aromatic heterocycles. The Morgan fingerprint density at radius 1 is 1.06 bits per heavy atom. The highest BCUT2D eigenvalue weighted by Crippen LogP contribution is 2.16. The molecule has 0 fully saturated rings. The molecule has 6 nitrogen and oxygen atoms in total. The van der Waals surface area contributed by atoms with E-state index in [4.69, 9.17) is 9.72 Å². The van der Waals surface area contributed by atoms with Gasteiger partial charge in [0.1, 0.15) is 17.4 Å². The summed E-state index contributed by atoms with van der Waals surface area (Å²) >= 11 is 0. The lowest BCUT2D eigenvalue weighted by Gasteiger charge is -2.16. The average Bonchev–Trinajstić information content (AvgIpc) is 2.78. The normalized spacial score (nSPS) is 13.8. The fourth-order valence-electron chi connectivity index (χ4n) is 3.99. The first-order valence-electron chi connectivity index (χ1n) is 11.3. The van der Waals surface area contributed by atoms with Crippen molar-refractivity contribution in [1.29, 1.82) is 0 Å². The Hall–Kier alpha value is -3.22. The summed E-state index contributed by atoms with van der Waals surface area (Å²) in [4.78, 5) is 30.2. The van der Waals surface area contributed by atoms with E-state index >= 15 is 0 Å². The van der Waals surface area contributed by atoms with Crippen LogP contribution in [-0.4, -0.2) is 28.6 Å².